The lowest BCUT2D eigenvalue weighted by molar-refractivity contribution is 1.13. The van der Waals surface area contributed by atoms with Gasteiger partial charge in [0.2, 0.25) is 0 Å². The Hall–Kier alpha value is -2.01. The lowest BCUT2D eigenvalue weighted by Crippen LogP contribution is -2.07. The molecule has 5 heteroatoms. The Morgan fingerprint density at radius 3 is 2.50 bits per heavy atom. The predicted molar refractivity (Wildman–Crippen MR) is 88.0 cm³/mol. The maximum Gasteiger partial charge on any atom is 0.138 e. The molecule has 102 valence electrons. The number of hydrogen-bond donors (Lipinski definition) is 2. The molecule has 0 bridgehead atoms. The predicted octanol–water partition coefficient (Wildman–Crippen LogP) is 3.64. The molecule has 0 unspecified atom stereocenters. The lowest BCUT2D eigenvalue weighted by atomic mass is 10.2. The van der Waals surface area contributed by atoms with E-state index in [0.29, 0.717) is 5.69 Å². The van der Waals surface area contributed by atoms with Crippen LogP contribution in [0.4, 0.5) is 11.4 Å². The first-order chi connectivity index (χ1) is 9.54. The number of nitrogens with one attached hydrogen (secondary N) is 1. The molecule has 0 fully saturated rings. The molecule has 0 atom stereocenters. The molecule has 20 heavy (non-hydrogen) atoms. The van der Waals surface area contributed by atoms with Crippen molar-refractivity contribution >= 4 is 38.3 Å². The number of hydrogen-bond acceptors (Lipinski definition) is 3. The van der Waals surface area contributed by atoms with E-state index in [1.54, 1.807) is 0 Å². The molecular weight excluding hydrogens is 316 g/mol. The van der Waals surface area contributed by atoms with Crippen molar-refractivity contribution in [3.05, 3.63) is 40.9 Å². The van der Waals surface area contributed by atoms with Crippen LogP contribution in [0.25, 0.3) is 22.4 Å². The number of aromatic amines is 1. The summed E-state index contributed by atoms with van der Waals surface area (Å²) in [5, 5.41) is 0. The molecule has 3 N–H and O–H groups in total. The second-order valence-corrected chi connectivity index (χ2v) is 5.83. The van der Waals surface area contributed by atoms with Gasteiger partial charge in [-0.15, -0.1) is 0 Å². The number of anilines is 2. The van der Waals surface area contributed by atoms with Crippen LogP contribution in [0.3, 0.4) is 0 Å². The first kappa shape index (κ1) is 13.0. The fraction of sp³-hybridized carbons (Fsp3) is 0.133. The van der Waals surface area contributed by atoms with Crippen LogP contribution in [-0.4, -0.2) is 24.1 Å². The van der Waals surface area contributed by atoms with Gasteiger partial charge in [-0.3, -0.25) is 0 Å². The van der Waals surface area contributed by atoms with Crippen molar-refractivity contribution in [2.24, 2.45) is 0 Å². The summed E-state index contributed by atoms with van der Waals surface area (Å²) in [7, 11) is 4.04. The van der Waals surface area contributed by atoms with Gasteiger partial charge in [0.15, 0.2) is 0 Å². The van der Waals surface area contributed by atoms with E-state index in [0.717, 1.165) is 32.6 Å². The summed E-state index contributed by atoms with van der Waals surface area (Å²) in [5.74, 6) is 0.829. The number of aromatic nitrogens is 2. The zero-order valence-electron chi connectivity index (χ0n) is 11.3. The molecule has 0 amide bonds. The number of nitrogens with zero attached hydrogens (tertiary/aromatic N) is 2. The fourth-order valence-electron chi connectivity index (χ4n) is 2.16. The van der Waals surface area contributed by atoms with Crippen LogP contribution < -0.4 is 10.6 Å². The van der Waals surface area contributed by atoms with Crippen molar-refractivity contribution in [2.75, 3.05) is 24.7 Å². The molecule has 3 rings (SSSR count). The van der Waals surface area contributed by atoms with Gasteiger partial charge >= 0.3 is 0 Å². The molecule has 0 aliphatic rings. The minimum Gasteiger partial charge on any atom is -0.397 e. The van der Waals surface area contributed by atoms with Crippen molar-refractivity contribution in [1.29, 1.82) is 0 Å². The van der Waals surface area contributed by atoms with Crippen molar-refractivity contribution in [1.82, 2.24) is 9.97 Å². The highest BCUT2D eigenvalue weighted by Gasteiger charge is 2.09. The second-order valence-electron chi connectivity index (χ2n) is 4.92. The summed E-state index contributed by atoms with van der Waals surface area (Å²) in [6, 6.07) is 12.1. The first-order valence-electron chi connectivity index (χ1n) is 6.27. The molecule has 0 aliphatic heterocycles. The molecule has 0 spiro atoms. The number of nitrogens with two attached hydrogens (primary N) is 1. The number of H-pyrrole nitrogens is 1. The van der Waals surface area contributed by atoms with Gasteiger partial charge in [-0.05, 0) is 36.4 Å². The number of benzene rings is 2. The van der Waals surface area contributed by atoms with E-state index in [4.69, 9.17) is 5.73 Å². The Labute approximate surface area is 125 Å². The Morgan fingerprint density at radius 2 is 1.85 bits per heavy atom. The molecule has 0 aliphatic carbocycles. The topological polar surface area (TPSA) is 57.9 Å². The molecule has 1 aromatic heterocycles. The van der Waals surface area contributed by atoms with E-state index in [1.165, 1.54) is 0 Å². The van der Waals surface area contributed by atoms with E-state index in [2.05, 4.69) is 55.1 Å². The van der Waals surface area contributed by atoms with Gasteiger partial charge in [0.25, 0.3) is 0 Å². The van der Waals surface area contributed by atoms with Crippen molar-refractivity contribution in [3.8, 4) is 11.4 Å². The summed E-state index contributed by atoms with van der Waals surface area (Å²) in [6.07, 6.45) is 0. The summed E-state index contributed by atoms with van der Waals surface area (Å²) in [5.41, 5.74) is 10.6. The highest BCUT2D eigenvalue weighted by Crippen LogP contribution is 2.28. The van der Waals surface area contributed by atoms with E-state index in [1.807, 2.05) is 26.2 Å². The van der Waals surface area contributed by atoms with Crippen LogP contribution in [0.15, 0.2) is 40.9 Å². The Kier molecular flexibility index (Phi) is 3.14. The van der Waals surface area contributed by atoms with Gasteiger partial charge in [0.1, 0.15) is 11.3 Å². The van der Waals surface area contributed by atoms with Crippen molar-refractivity contribution in [2.45, 2.75) is 0 Å². The Balaban J connectivity index is 2.08. The van der Waals surface area contributed by atoms with Gasteiger partial charge < -0.3 is 15.6 Å². The number of fused-ring (bicyclic) bond motifs is 1. The zero-order chi connectivity index (χ0) is 14.3. The third-order valence-corrected chi connectivity index (χ3v) is 3.70. The Morgan fingerprint density at radius 1 is 1.15 bits per heavy atom. The van der Waals surface area contributed by atoms with Gasteiger partial charge in [-0.2, -0.15) is 0 Å². The molecule has 3 aromatic rings. The summed E-state index contributed by atoms with van der Waals surface area (Å²) in [6.45, 7) is 0. The van der Waals surface area contributed by atoms with Gasteiger partial charge in [0, 0.05) is 29.8 Å². The van der Waals surface area contributed by atoms with E-state index in [-0.39, 0.29) is 0 Å². The molecular formula is C15H15BrN4. The average molecular weight is 331 g/mol. The van der Waals surface area contributed by atoms with Crippen LogP contribution in [-0.2, 0) is 0 Å². The smallest absolute Gasteiger partial charge is 0.138 e. The molecule has 0 saturated heterocycles. The average Bonchev–Trinajstić information content (AvgIpc) is 2.83. The number of halogens is 1. The third-order valence-electron chi connectivity index (χ3n) is 3.24. The number of rotatable bonds is 2. The van der Waals surface area contributed by atoms with E-state index in [9.17, 15) is 0 Å². The molecule has 0 saturated carbocycles. The van der Waals surface area contributed by atoms with Crippen molar-refractivity contribution < 1.29 is 0 Å². The van der Waals surface area contributed by atoms with Crippen LogP contribution in [0, 0.1) is 0 Å². The molecule has 4 nitrogen and oxygen atoms in total. The minimum absolute atomic E-state index is 0.668. The maximum absolute atomic E-state index is 5.99. The SMILES string of the molecule is CN(C)c1ccc(-c2nc3c(N)cc(Br)cc3[nH]2)cc1. The molecule has 1 heterocycles. The van der Waals surface area contributed by atoms with Crippen molar-refractivity contribution in [3.63, 3.8) is 0 Å². The van der Waals surface area contributed by atoms with Crippen LogP contribution in [0.2, 0.25) is 0 Å². The second kappa shape index (κ2) is 4.83. The number of nitrogen functional groups attached to an aromatic ring is 1. The highest BCUT2D eigenvalue weighted by molar-refractivity contribution is 9.10. The third kappa shape index (κ3) is 2.25. The van der Waals surface area contributed by atoms with Gasteiger partial charge in [-0.1, -0.05) is 15.9 Å². The van der Waals surface area contributed by atoms with E-state index < -0.39 is 0 Å². The standard InChI is InChI=1S/C15H15BrN4/c1-20(2)11-5-3-9(4-6-11)15-18-13-8-10(16)7-12(17)14(13)19-15/h3-8H,17H2,1-2H3,(H,18,19). The summed E-state index contributed by atoms with van der Waals surface area (Å²) in [4.78, 5) is 9.96. The quantitative estimate of drug-likeness (QED) is 0.705. The minimum atomic E-state index is 0.668. The summed E-state index contributed by atoms with van der Waals surface area (Å²) >= 11 is 3.44. The zero-order valence-corrected chi connectivity index (χ0v) is 12.9. The summed E-state index contributed by atoms with van der Waals surface area (Å²) < 4.78 is 0.945. The van der Waals surface area contributed by atoms with Crippen LogP contribution >= 0.6 is 15.9 Å². The Bertz CT molecular complexity index is 759. The maximum atomic E-state index is 5.99. The van der Waals surface area contributed by atoms with Gasteiger partial charge in [0.05, 0.1) is 11.2 Å². The number of imidazole rings is 1. The van der Waals surface area contributed by atoms with Crippen LogP contribution in [0.5, 0.6) is 0 Å². The van der Waals surface area contributed by atoms with E-state index >= 15 is 0 Å². The van der Waals surface area contributed by atoms with Crippen LogP contribution in [0.1, 0.15) is 0 Å². The molecule has 0 radical (unpaired) electrons. The normalized spacial score (nSPS) is 10.9. The first-order valence-corrected chi connectivity index (χ1v) is 7.06. The molecule has 2 aromatic carbocycles. The lowest BCUT2D eigenvalue weighted by Gasteiger charge is -2.11. The highest BCUT2D eigenvalue weighted by atomic mass is 79.9. The largest absolute Gasteiger partial charge is 0.397 e. The fourth-order valence-corrected chi connectivity index (χ4v) is 2.64. The van der Waals surface area contributed by atoms with Gasteiger partial charge in [-0.25, -0.2) is 4.98 Å². The monoisotopic (exact) mass is 330 g/mol.